The maximum absolute atomic E-state index is 11.3. The van der Waals surface area contributed by atoms with Crippen LogP contribution in [0.2, 0.25) is 0 Å². The third-order valence-corrected chi connectivity index (χ3v) is 3.45. The zero-order chi connectivity index (χ0) is 16.3. The Labute approximate surface area is 129 Å². The predicted molar refractivity (Wildman–Crippen MR) is 85.5 cm³/mol. The molecular weight excluding hydrogens is 280 g/mol. The lowest BCUT2D eigenvalue weighted by molar-refractivity contribution is 0.0684. The summed E-state index contributed by atoms with van der Waals surface area (Å²) in [5, 5.41) is 13.6. The van der Waals surface area contributed by atoms with Crippen molar-refractivity contribution in [2.75, 3.05) is 7.11 Å². The Hall–Kier alpha value is -2.56. The van der Waals surface area contributed by atoms with Crippen molar-refractivity contribution in [3.8, 4) is 17.0 Å². The molecule has 0 saturated heterocycles. The second-order valence-corrected chi connectivity index (χ2v) is 5.30. The van der Waals surface area contributed by atoms with Gasteiger partial charge in [-0.2, -0.15) is 5.10 Å². The summed E-state index contributed by atoms with van der Waals surface area (Å²) >= 11 is 0. The van der Waals surface area contributed by atoms with E-state index in [0.717, 1.165) is 16.9 Å². The fourth-order valence-corrected chi connectivity index (χ4v) is 2.34. The van der Waals surface area contributed by atoms with Gasteiger partial charge in [-0.15, -0.1) is 6.58 Å². The number of hydrogen-bond donors (Lipinski definition) is 1. The maximum atomic E-state index is 11.3. The summed E-state index contributed by atoms with van der Waals surface area (Å²) in [6, 6.07) is 7.35. The van der Waals surface area contributed by atoms with Crippen LogP contribution in [0.3, 0.4) is 0 Å². The van der Waals surface area contributed by atoms with Crippen LogP contribution >= 0.6 is 0 Å². The predicted octanol–water partition coefficient (Wildman–Crippen LogP) is 3.57. The number of benzene rings is 1. The highest BCUT2D eigenvalue weighted by Crippen LogP contribution is 2.31. The van der Waals surface area contributed by atoms with Crippen molar-refractivity contribution in [3.05, 3.63) is 48.2 Å². The molecule has 0 aliphatic heterocycles. The van der Waals surface area contributed by atoms with E-state index in [1.54, 1.807) is 19.3 Å². The molecule has 0 saturated carbocycles. The number of carboxylic acid groups (broad SMARTS) is 1. The fourth-order valence-electron chi connectivity index (χ4n) is 2.34. The molecule has 0 bridgehead atoms. The molecule has 0 spiro atoms. The summed E-state index contributed by atoms with van der Waals surface area (Å²) in [7, 11) is 1.64. The molecule has 1 aromatic carbocycles. The van der Waals surface area contributed by atoms with Crippen LogP contribution in [0.4, 0.5) is 0 Å². The Morgan fingerprint density at radius 1 is 1.45 bits per heavy atom. The van der Waals surface area contributed by atoms with Gasteiger partial charge in [0.15, 0.2) is 0 Å². The fraction of sp³-hybridized carbons (Fsp3) is 0.294. The molecule has 116 valence electrons. The topological polar surface area (TPSA) is 64.4 Å². The molecule has 0 aliphatic carbocycles. The molecular formula is C17H20N2O3. The van der Waals surface area contributed by atoms with E-state index in [0.29, 0.717) is 18.2 Å². The van der Waals surface area contributed by atoms with Crippen molar-refractivity contribution in [3.63, 3.8) is 0 Å². The minimum Gasteiger partial charge on any atom is -0.496 e. The highest BCUT2D eigenvalue weighted by Gasteiger charge is 2.16. The lowest BCUT2D eigenvalue weighted by Crippen LogP contribution is -2.08. The Morgan fingerprint density at radius 3 is 2.73 bits per heavy atom. The van der Waals surface area contributed by atoms with Crippen LogP contribution in [0.25, 0.3) is 11.3 Å². The number of hydrogen-bond acceptors (Lipinski definition) is 3. The average Bonchev–Trinajstić information content (AvgIpc) is 2.91. The van der Waals surface area contributed by atoms with Crippen molar-refractivity contribution in [1.29, 1.82) is 0 Å². The molecule has 1 N–H and O–H groups in total. The minimum absolute atomic E-state index is 0.150. The summed E-state index contributed by atoms with van der Waals surface area (Å²) < 4.78 is 6.80. The number of carboxylic acids is 1. The van der Waals surface area contributed by atoms with Crippen LogP contribution in [-0.2, 0) is 6.54 Å². The van der Waals surface area contributed by atoms with Gasteiger partial charge in [0.25, 0.3) is 0 Å². The molecule has 2 aromatic rings. The third kappa shape index (κ3) is 3.03. The Bertz CT molecular complexity index is 702. The number of methoxy groups -OCH3 is 1. The molecule has 5 heteroatoms. The van der Waals surface area contributed by atoms with E-state index in [4.69, 9.17) is 4.74 Å². The first-order valence-corrected chi connectivity index (χ1v) is 7.08. The molecule has 1 aromatic heterocycles. The van der Waals surface area contributed by atoms with Crippen LogP contribution in [0, 0.1) is 0 Å². The standard InChI is InChI=1S/C17H20N2O3/c1-5-8-19-15(17(20)21)10-14(18-19)12-6-7-16(22-4)13(9-12)11(2)3/h5-7,9-11H,1,8H2,2-4H3,(H,20,21). The first kappa shape index (κ1) is 15.8. The largest absolute Gasteiger partial charge is 0.496 e. The van der Waals surface area contributed by atoms with Crippen molar-refractivity contribution in [2.24, 2.45) is 0 Å². The van der Waals surface area contributed by atoms with Gasteiger partial charge >= 0.3 is 5.97 Å². The van der Waals surface area contributed by atoms with Gasteiger partial charge < -0.3 is 9.84 Å². The number of rotatable bonds is 6. The maximum Gasteiger partial charge on any atom is 0.354 e. The van der Waals surface area contributed by atoms with E-state index in [2.05, 4.69) is 25.5 Å². The van der Waals surface area contributed by atoms with E-state index in [-0.39, 0.29) is 5.69 Å². The van der Waals surface area contributed by atoms with E-state index < -0.39 is 5.97 Å². The number of aromatic carboxylic acids is 1. The lowest BCUT2D eigenvalue weighted by Gasteiger charge is -2.12. The molecule has 2 rings (SSSR count). The monoisotopic (exact) mass is 300 g/mol. The SMILES string of the molecule is C=CCn1nc(-c2ccc(OC)c(C(C)C)c2)cc1C(=O)O. The molecule has 0 atom stereocenters. The van der Waals surface area contributed by atoms with Gasteiger partial charge in [0.2, 0.25) is 0 Å². The molecule has 0 aliphatic rings. The number of nitrogens with zero attached hydrogens (tertiary/aromatic N) is 2. The van der Waals surface area contributed by atoms with E-state index in [1.807, 2.05) is 18.2 Å². The zero-order valence-electron chi connectivity index (χ0n) is 13.0. The smallest absolute Gasteiger partial charge is 0.354 e. The van der Waals surface area contributed by atoms with Crippen molar-refractivity contribution < 1.29 is 14.6 Å². The van der Waals surface area contributed by atoms with Gasteiger partial charge in [0.05, 0.1) is 19.3 Å². The van der Waals surface area contributed by atoms with Crippen LogP contribution in [-0.4, -0.2) is 28.0 Å². The van der Waals surface area contributed by atoms with Crippen molar-refractivity contribution in [2.45, 2.75) is 26.3 Å². The number of ether oxygens (including phenoxy) is 1. The average molecular weight is 300 g/mol. The minimum atomic E-state index is -1.00. The van der Waals surface area contributed by atoms with Gasteiger partial charge in [-0.1, -0.05) is 19.9 Å². The second-order valence-electron chi connectivity index (χ2n) is 5.30. The second kappa shape index (κ2) is 6.47. The van der Waals surface area contributed by atoms with Crippen LogP contribution < -0.4 is 4.74 Å². The highest BCUT2D eigenvalue weighted by molar-refractivity contribution is 5.87. The molecule has 5 nitrogen and oxygen atoms in total. The van der Waals surface area contributed by atoms with Gasteiger partial charge in [-0.25, -0.2) is 4.79 Å². The first-order chi connectivity index (χ1) is 10.5. The van der Waals surface area contributed by atoms with Crippen LogP contribution in [0.1, 0.15) is 35.8 Å². The Balaban J connectivity index is 2.52. The van der Waals surface area contributed by atoms with Crippen molar-refractivity contribution in [1.82, 2.24) is 9.78 Å². The summed E-state index contributed by atoms with van der Waals surface area (Å²) in [5.74, 6) is 0.116. The summed E-state index contributed by atoms with van der Waals surface area (Å²) in [5.41, 5.74) is 2.71. The van der Waals surface area contributed by atoms with E-state index in [1.165, 1.54) is 4.68 Å². The highest BCUT2D eigenvalue weighted by atomic mass is 16.5. The van der Waals surface area contributed by atoms with Gasteiger partial charge in [-0.05, 0) is 35.7 Å². The quantitative estimate of drug-likeness (QED) is 0.828. The molecule has 0 unspecified atom stereocenters. The summed E-state index contributed by atoms with van der Waals surface area (Å²) in [6.45, 7) is 8.15. The van der Waals surface area contributed by atoms with E-state index >= 15 is 0 Å². The summed E-state index contributed by atoms with van der Waals surface area (Å²) in [6.07, 6.45) is 1.62. The Kier molecular flexibility index (Phi) is 4.65. The van der Waals surface area contributed by atoms with Crippen molar-refractivity contribution >= 4 is 5.97 Å². The molecule has 0 amide bonds. The molecule has 22 heavy (non-hydrogen) atoms. The number of carbonyl (C=O) groups is 1. The van der Waals surface area contributed by atoms with E-state index in [9.17, 15) is 9.90 Å². The molecule has 1 heterocycles. The van der Waals surface area contributed by atoms with Gasteiger partial charge in [0, 0.05) is 5.56 Å². The number of allylic oxidation sites excluding steroid dienone is 1. The summed E-state index contributed by atoms with van der Waals surface area (Å²) in [4.78, 5) is 11.3. The third-order valence-electron chi connectivity index (χ3n) is 3.45. The Morgan fingerprint density at radius 2 is 2.18 bits per heavy atom. The van der Waals surface area contributed by atoms with Crippen LogP contribution in [0.15, 0.2) is 36.9 Å². The molecule has 0 fully saturated rings. The number of aromatic nitrogens is 2. The van der Waals surface area contributed by atoms with Gasteiger partial charge in [-0.3, -0.25) is 4.68 Å². The normalized spacial score (nSPS) is 10.7. The molecule has 0 radical (unpaired) electrons. The lowest BCUT2D eigenvalue weighted by atomic mass is 9.98. The van der Waals surface area contributed by atoms with Crippen LogP contribution in [0.5, 0.6) is 5.75 Å². The van der Waals surface area contributed by atoms with Gasteiger partial charge in [0.1, 0.15) is 11.4 Å². The first-order valence-electron chi connectivity index (χ1n) is 7.08. The zero-order valence-corrected chi connectivity index (χ0v) is 13.0.